The Kier molecular flexibility index (Phi) is 6.91. The minimum atomic E-state index is -1.14. The fourth-order valence-electron chi connectivity index (χ4n) is 2.93. The van der Waals surface area contributed by atoms with Gasteiger partial charge in [0, 0.05) is 6.42 Å². The zero-order chi connectivity index (χ0) is 22.9. The van der Waals surface area contributed by atoms with Gasteiger partial charge in [-0.05, 0) is 59.7 Å². The first-order valence-corrected chi connectivity index (χ1v) is 9.96. The van der Waals surface area contributed by atoms with Gasteiger partial charge in [-0.2, -0.15) is 0 Å². The fraction of sp³-hybridized carbons (Fsp3) is 0.571. The van der Waals surface area contributed by atoms with Crippen LogP contribution in [0.1, 0.15) is 58.3 Å². The lowest BCUT2D eigenvalue weighted by atomic mass is 10.1. The van der Waals surface area contributed by atoms with E-state index in [4.69, 9.17) is 30.9 Å². The molecule has 1 aliphatic rings. The molecule has 1 aromatic rings. The third-order valence-electron chi connectivity index (χ3n) is 4.04. The van der Waals surface area contributed by atoms with E-state index < -0.39 is 41.4 Å². The number of carbonyl (C=O) groups excluding carboxylic acids is 2. The van der Waals surface area contributed by atoms with Crippen LogP contribution in [-0.4, -0.2) is 57.9 Å². The van der Waals surface area contributed by atoms with E-state index in [0.29, 0.717) is 5.75 Å². The minimum Gasteiger partial charge on any atom is -0.488 e. The normalized spacial score (nSPS) is 19.4. The van der Waals surface area contributed by atoms with Gasteiger partial charge >= 0.3 is 18.0 Å². The van der Waals surface area contributed by atoms with Crippen molar-refractivity contribution in [2.24, 2.45) is 0 Å². The summed E-state index contributed by atoms with van der Waals surface area (Å²) in [6.07, 6.45) is -0.961. The lowest BCUT2D eigenvalue weighted by Gasteiger charge is -2.29. The van der Waals surface area contributed by atoms with Crippen molar-refractivity contribution in [2.75, 3.05) is 6.54 Å². The average molecular weight is 442 g/mol. The number of amides is 1. The molecule has 1 aliphatic heterocycles. The maximum absolute atomic E-state index is 12.7. The molecule has 2 atom stereocenters. The summed E-state index contributed by atoms with van der Waals surface area (Å²) in [4.78, 5) is 37.8. The third-order valence-corrected chi connectivity index (χ3v) is 4.36. The molecule has 1 N–H and O–H groups in total. The number of esters is 1. The highest BCUT2D eigenvalue weighted by Crippen LogP contribution is 2.29. The number of halogens is 1. The molecular formula is C21H28ClNO7. The van der Waals surface area contributed by atoms with Crippen LogP contribution in [0.25, 0.3) is 0 Å². The number of hydrogen-bond acceptors (Lipinski definition) is 6. The summed E-state index contributed by atoms with van der Waals surface area (Å²) >= 11 is 5.99. The van der Waals surface area contributed by atoms with Gasteiger partial charge in [-0.3, -0.25) is 4.90 Å². The number of hydrogen-bond donors (Lipinski definition) is 1. The molecule has 1 fully saturated rings. The smallest absolute Gasteiger partial charge is 0.411 e. The Hall–Kier alpha value is -2.48. The molecule has 1 heterocycles. The molecule has 166 valence electrons. The van der Waals surface area contributed by atoms with E-state index in [1.54, 1.807) is 41.5 Å². The van der Waals surface area contributed by atoms with Crippen molar-refractivity contribution in [3.63, 3.8) is 0 Å². The lowest BCUT2D eigenvalue weighted by Crippen LogP contribution is -2.45. The Morgan fingerprint density at radius 2 is 1.67 bits per heavy atom. The largest absolute Gasteiger partial charge is 0.488 e. The van der Waals surface area contributed by atoms with Crippen LogP contribution in [0, 0.1) is 0 Å². The number of likely N-dealkylation sites (tertiary alicyclic amines) is 1. The molecule has 0 spiro atoms. The molecule has 30 heavy (non-hydrogen) atoms. The second-order valence-electron chi connectivity index (χ2n) is 9.10. The summed E-state index contributed by atoms with van der Waals surface area (Å²) in [5.74, 6) is -1.35. The number of nitrogens with zero attached hydrogens (tertiary/aromatic N) is 1. The van der Waals surface area contributed by atoms with Crippen LogP contribution >= 0.6 is 11.6 Å². The summed E-state index contributed by atoms with van der Waals surface area (Å²) in [5, 5.41) is 9.12. The zero-order valence-corrected chi connectivity index (χ0v) is 18.8. The second-order valence-corrected chi connectivity index (χ2v) is 9.51. The fourth-order valence-corrected chi connectivity index (χ4v) is 3.18. The Morgan fingerprint density at radius 1 is 1.07 bits per heavy atom. The first-order valence-electron chi connectivity index (χ1n) is 9.58. The van der Waals surface area contributed by atoms with Crippen molar-refractivity contribution < 1.29 is 33.7 Å². The Labute approximate surface area is 181 Å². The molecule has 0 aromatic heterocycles. The molecule has 0 aliphatic carbocycles. The molecule has 0 unspecified atom stereocenters. The van der Waals surface area contributed by atoms with Gasteiger partial charge in [-0.1, -0.05) is 11.6 Å². The van der Waals surface area contributed by atoms with Gasteiger partial charge in [0.15, 0.2) is 0 Å². The van der Waals surface area contributed by atoms with Crippen LogP contribution < -0.4 is 4.74 Å². The summed E-state index contributed by atoms with van der Waals surface area (Å²) in [6.45, 7) is 10.6. The summed E-state index contributed by atoms with van der Waals surface area (Å²) < 4.78 is 16.8. The van der Waals surface area contributed by atoms with Gasteiger partial charge in [0.2, 0.25) is 0 Å². The molecule has 0 saturated carbocycles. The van der Waals surface area contributed by atoms with Crippen LogP contribution in [0.15, 0.2) is 18.2 Å². The number of benzene rings is 1. The Morgan fingerprint density at radius 3 is 2.17 bits per heavy atom. The standard InChI is InChI=1S/C21H28ClNO7/c1-20(2,3)29-18(26)16-10-13(11-23(16)19(27)30-21(4,5)6)28-12-7-8-14(17(24)25)15(22)9-12/h7-9,13,16H,10-11H2,1-6H3,(H,24,25)/t13-,16-/m0/s1. The molecule has 8 nitrogen and oxygen atoms in total. The van der Waals surface area contributed by atoms with Crippen molar-refractivity contribution in [1.82, 2.24) is 4.90 Å². The van der Waals surface area contributed by atoms with E-state index in [0.717, 1.165) is 0 Å². The first kappa shape index (κ1) is 23.8. The molecule has 1 aromatic carbocycles. The Balaban J connectivity index is 2.20. The molecule has 0 bridgehead atoms. The molecule has 2 rings (SSSR count). The van der Waals surface area contributed by atoms with Gasteiger partial charge in [-0.15, -0.1) is 0 Å². The average Bonchev–Trinajstić information content (AvgIpc) is 2.95. The number of rotatable bonds is 4. The maximum Gasteiger partial charge on any atom is 0.411 e. The van der Waals surface area contributed by atoms with Crippen molar-refractivity contribution in [3.05, 3.63) is 28.8 Å². The number of carboxylic acid groups (broad SMARTS) is 1. The van der Waals surface area contributed by atoms with E-state index in [-0.39, 0.29) is 23.6 Å². The summed E-state index contributed by atoms with van der Waals surface area (Å²) in [7, 11) is 0. The molecule has 1 amide bonds. The SMILES string of the molecule is CC(C)(C)OC(=O)[C@@H]1C[C@H](Oc2ccc(C(=O)O)c(Cl)c2)CN1C(=O)OC(C)(C)C. The monoisotopic (exact) mass is 441 g/mol. The van der Waals surface area contributed by atoms with Crippen LogP contribution in [0.5, 0.6) is 5.75 Å². The molecular weight excluding hydrogens is 414 g/mol. The van der Waals surface area contributed by atoms with Crippen LogP contribution in [0.4, 0.5) is 4.79 Å². The van der Waals surface area contributed by atoms with E-state index >= 15 is 0 Å². The quantitative estimate of drug-likeness (QED) is 0.700. The van der Waals surface area contributed by atoms with Crippen molar-refractivity contribution >= 4 is 29.6 Å². The van der Waals surface area contributed by atoms with E-state index in [9.17, 15) is 14.4 Å². The van der Waals surface area contributed by atoms with E-state index in [1.807, 2.05) is 0 Å². The first-order chi connectivity index (χ1) is 13.7. The minimum absolute atomic E-state index is 0.0330. The molecule has 0 radical (unpaired) electrons. The molecule has 9 heteroatoms. The maximum atomic E-state index is 12.7. The van der Waals surface area contributed by atoms with Gasteiger partial charge in [0.05, 0.1) is 17.1 Å². The van der Waals surface area contributed by atoms with Crippen LogP contribution in [0.2, 0.25) is 5.02 Å². The second kappa shape index (κ2) is 8.71. The van der Waals surface area contributed by atoms with Gasteiger partial charge in [0.1, 0.15) is 29.1 Å². The summed E-state index contributed by atoms with van der Waals surface area (Å²) in [6, 6.07) is 3.35. The van der Waals surface area contributed by atoms with Gasteiger partial charge in [-0.25, -0.2) is 14.4 Å². The lowest BCUT2D eigenvalue weighted by molar-refractivity contribution is -0.160. The summed E-state index contributed by atoms with van der Waals surface area (Å²) in [5.41, 5.74) is -1.48. The van der Waals surface area contributed by atoms with Gasteiger partial charge in [0.25, 0.3) is 0 Å². The van der Waals surface area contributed by atoms with Gasteiger partial charge < -0.3 is 19.3 Å². The topological polar surface area (TPSA) is 102 Å². The Bertz CT molecular complexity index is 790. The predicted molar refractivity (Wildman–Crippen MR) is 110 cm³/mol. The van der Waals surface area contributed by atoms with Crippen molar-refractivity contribution in [2.45, 2.75) is 71.3 Å². The highest BCUT2D eigenvalue weighted by molar-refractivity contribution is 6.33. The van der Waals surface area contributed by atoms with E-state index in [2.05, 4.69) is 0 Å². The number of aromatic carboxylic acids is 1. The highest BCUT2D eigenvalue weighted by Gasteiger charge is 2.44. The number of ether oxygens (including phenoxy) is 3. The van der Waals surface area contributed by atoms with Crippen molar-refractivity contribution in [1.29, 1.82) is 0 Å². The number of carboxylic acids is 1. The predicted octanol–water partition coefficient (Wildman–Crippen LogP) is 4.14. The van der Waals surface area contributed by atoms with Crippen LogP contribution in [-0.2, 0) is 14.3 Å². The zero-order valence-electron chi connectivity index (χ0n) is 18.0. The van der Waals surface area contributed by atoms with Crippen LogP contribution in [0.3, 0.4) is 0 Å². The van der Waals surface area contributed by atoms with Crippen molar-refractivity contribution in [3.8, 4) is 5.75 Å². The third kappa shape index (κ3) is 6.52. The number of carbonyl (C=O) groups is 3. The highest BCUT2D eigenvalue weighted by atomic mass is 35.5. The van der Waals surface area contributed by atoms with E-state index in [1.165, 1.54) is 23.1 Å². The molecule has 1 saturated heterocycles.